The van der Waals surface area contributed by atoms with E-state index in [2.05, 4.69) is 10.6 Å². The first-order chi connectivity index (χ1) is 10.0. The Bertz CT molecular complexity index is 514. The fraction of sp³-hybridized carbons (Fsp3) is 0.533. The molecule has 1 atom stereocenters. The highest BCUT2D eigenvalue weighted by Gasteiger charge is 2.33. The standard InChI is InChI=1S/C15H18F3N3/c16-15(17,18)14-4-3-13(8-12(14)9-19)21-7-5-11-2-1-6-20-10-11/h3-4,8,11,20-21H,1-2,5-7,10H2. The SMILES string of the molecule is N#Cc1cc(NCCC2CCCNC2)ccc1C(F)(F)F. The van der Waals surface area contributed by atoms with Gasteiger partial charge in [0.2, 0.25) is 0 Å². The van der Waals surface area contributed by atoms with E-state index in [4.69, 9.17) is 5.26 Å². The van der Waals surface area contributed by atoms with Crippen molar-refractivity contribution >= 4 is 5.69 Å². The maximum atomic E-state index is 12.7. The van der Waals surface area contributed by atoms with E-state index >= 15 is 0 Å². The summed E-state index contributed by atoms with van der Waals surface area (Å²) in [5.41, 5.74) is -0.665. The van der Waals surface area contributed by atoms with Crippen LogP contribution in [0.2, 0.25) is 0 Å². The van der Waals surface area contributed by atoms with Gasteiger partial charge in [-0.3, -0.25) is 0 Å². The Balaban J connectivity index is 1.93. The third-order valence-electron chi connectivity index (χ3n) is 3.73. The van der Waals surface area contributed by atoms with Gasteiger partial charge in [0.1, 0.15) is 0 Å². The van der Waals surface area contributed by atoms with Gasteiger partial charge in [0.25, 0.3) is 0 Å². The minimum atomic E-state index is -4.49. The van der Waals surface area contributed by atoms with E-state index in [1.807, 2.05) is 0 Å². The van der Waals surface area contributed by atoms with Crippen LogP contribution in [0, 0.1) is 17.2 Å². The Hall–Kier alpha value is -1.74. The molecule has 0 saturated carbocycles. The van der Waals surface area contributed by atoms with Crippen molar-refractivity contribution in [3.8, 4) is 6.07 Å². The van der Waals surface area contributed by atoms with Crippen molar-refractivity contribution in [2.24, 2.45) is 5.92 Å². The van der Waals surface area contributed by atoms with E-state index in [9.17, 15) is 13.2 Å². The minimum absolute atomic E-state index is 0.341. The third-order valence-corrected chi connectivity index (χ3v) is 3.73. The quantitative estimate of drug-likeness (QED) is 0.895. The van der Waals surface area contributed by atoms with Crippen LogP contribution in [0.3, 0.4) is 0 Å². The third kappa shape index (κ3) is 4.36. The van der Waals surface area contributed by atoms with Gasteiger partial charge in [-0.05, 0) is 56.5 Å². The molecule has 1 aliphatic heterocycles. The number of piperidine rings is 1. The highest BCUT2D eigenvalue weighted by atomic mass is 19.4. The molecule has 1 aliphatic rings. The molecule has 2 N–H and O–H groups in total. The number of anilines is 1. The first-order valence-electron chi connectivity index (χ1n) is 7.06. The van der Waals surface area contributed by atoms with Crippen molar-refractivity contribution in [3.05, 3.63) is 29.3 Å². The highest BCUT2D eigenvalue weighted by molar-refractivity contribution is 5.53. The van der Waals surface area contributed by atoms with Crippen molar-refractivity contribution in [1.82, 2.24) is 5.32 Å². The van der Waals surface area contributed by atoms with Gasteiger partial charge < -0.3 is 10.6 Å². The smallest absolute Gasteiger partial charge is 0.385 e. The molecular formula is C15H18F3N3. The lowest BCUT2D eigenvalue weighted by molar-refractivity contribution is -0.137. The lowest BCUT2D eigenvalue weighted by Gasteiger charge is -2.22. The maximum Gasteiger partial charge on any atom is 0.417 e. The van der Waals surface area contributed by atoms with E-state index in [1.54, 1.807) is 6.07 Å². The zero-order valence-corrected chi connectivity index (χ0v) is 11.6. The van der Waals surface area contributed by atoms with Crippen LogP contribution >= 0.6 is 0 Å². The van der Waals surface area contributed by atoms with Crippen LogP contribution in [-0.2, 0) is 6.18 Å². The molecular weight excluding hydrogens is 279 g/mol. The monoisotopic (exact) mass is 297 g/mol. The lowest BCUT2D eigenvalue weighted by atomic mass is 9.96. The van der Waals surface area contributed by atoms with Crippen molar-refractivity contribution in [2.45, 2.75) is 25.4 Å². The van der Waals surface area contributed by atoms with Crippen molar-refractivity contribution in [2.75, 3.05) is 25.0 Å². The normalized spacial score (nSPS) is 19.0. The largest absolute Gasteiger partial charge is 0.417 e. The summed E-state index contributed by atoms with van der Waals surface area (Å²) in [7, 11) is 0. The number of hydrogen-bond acceptors (Lipinski definition) is 3. The average molecular weight is 297 g/mol. The summed E-state index contributed by atoms with van der Waals surface area (Å²) in [6.45, 7) is 2.76. The molecule has 0 bridgehead atoms. The van der Waals surface area contributed by atoms with Crippen LogP contribution in [0.25, 0.3) is 0 Å². The fourth-order valence-electron chi connectivity index (χ4n) is 2.58. The zero-order valence-electron chi connectivity index (χ0n) is 11.6. The second-order valence-electron chi connectivity index (χ2n) is 5.30. The Morgan fingerprint density at radius 3 is 2.81 bits per heavy atom. The van der Waals surface area contributed by atoms with E-state index in [0.29, 0.717) is 18.2 Å². The molecule has 0 radical (unpaired) electrons. The molecule has 21 heavy (non-hydrogen) atoms. The van der Waals surface area contributed by atoms with E-state index < -0.39 is 11.7 Å². The van der Waals surface area contributed by atoms with Crippen LogP contribution in [-0.4, -0.2) is 19.6 Å². The topological polar surface area (TPSA) is 47.9 Å². The molecule has 0 spiro atoms. The molecule has 2 rings (SSSR count). The van der Waals surface area contributed by atoms with Crippen molar-refractivity contribution < 1.29 is 13.2 Å². The Morgan fingerprint density at radius 1 is 1.38 bits per heavy atom. The number of halogens is 3. The Labute approximate surface area is 122 Å². The number of nitriles is 1. The van der Waals surface area contributed by atoms with Gasteiger partial charge in [-0.1, -0.05) is 0 Å². The molecule has 0 amide bonds. The van der Waals surface area contributed by atoms with Gasteiger partial charge in [-0.2, -0.15) is 18.4 Å². The summed E-state index contributed by atoms with van der Waals surface area (Å²) in [6.07, 6.45) is -1.16. The number of benzene rings is 1. The molecule has 1 saturated heterocycles. The molecule has 6 heteroatoms. The zero-order chi connectivity index (χ0) is 15.3. The first kappa shape index (κ1) is 15.6. The summed E-state index contributed by atoms with van der Waals surface area (Å²) in [4.78, 5) is 0. The predicted molar refractivity (Wildman–Crippen MR) is 74.9 cm³/mol. The molecule has 1 heterocycles. The summed E-state index contributed by atoms with van der Waals surface area (Å²) in [5.74, 6) is 0.608. The average Bonchev–Trinajstić information content (AvgIpc) is 2.47. The first-order valence-corrected chi connectivity index (χ1v) is 7.06. The number of nitrogens with zero attached hydrogens (tertiary/aromatic N) is 1. The summed E-state index contributed by atoms with van der Waals surface area (Å²) in [6, 6.07) is 5.22. The number of alkyl halides is 3. The number of nitrogens with one attached hydrogen (secondary N) is 2. The molecule has 1 aromatic carbocycles. The summed E-state index contributed by atoms with van der Waals surface area (Å²) in [5, 5.41) is 15.3. The second kappa shape index (κ2) is 6.81. The second-order valence-corrected chi connectivity index (χ2v) is 5.30. The predicted octanol–water partition coefficient (Wildman–Crippen LogP) is 3.38. The number of rotatable bonds is 4. The van der Waals surface area contributed by atoms with Crippen LogP contribution in [0.1, 0.15) is 30.4 Å². The van der Waals surface area contributed by atoms with Gasteiger partial charge in [0.05, 0.1) is 17.2 Å². The van der Waals surface area contributed by atoms with E-state index in [-0.39, 0.29) is 5.56 Å². The minimum Gasteiger partial charge on any atom is -0.385 e. The fourth-order valence-corrected chi connectivity index (χ4v) is 2.58. The van der Waals surface area contributed by atoms with Crippen LogP contribution < -0.4 is 10.6 Å². The molecule has 1 fully saturated rings. The Morgan fingerprint density at radius 2 is 2.19 bits per heavy atom. The van der Waals surface area contributed by atoms with Gasteiger partial charge >= 0.3 is 6.18 Å². The summed E-state index contributed by atoms with van der Waals surface area (Å²) >= 11 is 0. The number of hydrogen-bond donors (Lipinski definition) is 2. The maximum absolute atomic E-state index is 12.7. The van der Waals surface area contributed by atoms with Crippen LogP contribution in [0.4, 0.5) is 18.9 Å². The van der Waals surface area contributed by atoms with Crippen LogP contribution in [0.5, 0.6) is 0 Å². The van der Waals surface area contributed by atoms with Crippen LogP contribution in [0.15, 0.2) is 18.2 Å². The molecule has 114 valence electrons. The molecule has 0 aromatic heterocycles. The van der Waals surface area contributed by atoms with Crippen molar-refractivity contribution in [1.29, 1.82) is 5.26 Å². The van der Waals surface area contributed by atoms with Gasteiger partial charge in [0, 0.05) is 12.2 Å². The van der Waals surface area contributed by atoms with E-state index in [1.165, 1.54) is 25.0 Å². The van der Waals surface area contributed by atoms with E-state index in [0.717, 1.165) is 25.6 Å². The lowest BCUT2D eigenvalue weighted by Crippen LogP contribution is -2.30. The molecule has 1 aromatic rings. The molecule has 0 aliphatic carbocycles. The Kier molecular flexibility index (Phi) is 5.07. The van der Waals surface area contributed by atoms with Gasteiger partial charge in [0.15, 0.2) is 0 Å². The van der Waals surface area contributed by atoms with Crippen molar-refractivity contribution in [3.63, 3.8) is 0 Å². The molecule has 1 unspecified atom stereocenters. The van der Waals surface area contributed by atoms with Gasteiger partial charge in [-0.25, -0.2) is 0 Å². The highest BCUT2D eigenvalue weighted by Crippen LogP contribution is 2.33. The van der Waals surface area contributed by atoms with Gasteiger partial charge in [-0.15, -0.1) is 0 Å². The summed E-state index contributed by atoms with van der Waals surface area (Å²) < 4.78 is 38.1. The molecule has 3 nitrogen and oxygen atoms in total.